The van der Waals surface area contributed by atoms with Crippen LogP contribution in [0.3, 0.4) is 0 Å². The molecule has 1 aliphatic heterocycles. The number of nitrogens with one attached hydrogen (secondary N) is 2. The third-order valence-corrected chi connectivity index (χ3v) is 8.81. The highest BCUT2D eigenvalue weighted by molar-refractivity contribution is 5.95. The summed E-state index contributed by atoms with van der Waals surface area (Å²) in [6.45, 7) is 1.97. The lowest BCUT2D eigenvalue weighted by atomic mass is 9.91. The van der Waals surface area contributed by atoms with E-state index in [1.165, 1.54) is 0 Å². The van der Waals surface area contributed by atoms with Crippen LogP contribution in [-0.2, 0) is 26.9 Å². The maximum absolute atomic E-state index is 13.0. The van der Waals surface area contributed by atoms with E-state index < -0.39 is 0 Å². The molecule has 4 heterocycles. The molecule has 0 unspecified atom stereocenters. The van der Waals surface area contributed by atoms with Gasteiger partial charge in [0.1, 0.15) is 5.75 Å². The Labute approximate surface area is 262 Å². The maximum Gasteiger partial charge on any atom is 0.251 e. The average molecular weight is 604 g/mol. The Morgan fingerprint density at radius 2 is 1.73 bits per heavy atom. The second-order valence-corrected chi connectivity index (χ2v) is 11.9. The Hall–Kier alpha value is -5.03. The summed E-state index contributed by atoms with van der Waals surface area (Å²) in [5, 5.41) is 15.7. The van der Waals surface area contributed by atoms with Gasteiger partial charge in [0, 0.05) is 54.8 Å². The molecule has 2 N–H and O–H groups in total. The number of fused-ring (bicyclic) bond motifs is 3. The molecule has 3 aromatic heterocycles. The predicted octanol–water partition coefficient (Wildman–Crippen LogP) is 4.62. The molecule has 0 saturated carbocycles. The molecule has 0 spiro atoms. The van der Waals surface area contributed by atoms with E-state index in [1.807, 2.05) is 43.4 Å². The number of hydrogen-bond donors (Lipinski definition) is 2. The number of rotatable bonds is 7. The van der Waals surface area contributed by atoms with Crippen LogP contribution < -0.4 is 15.4 Å². The number of aryl methyl sites for hydroxylation is 4. The molecular weight excluding hydrogens is 566 g/mol. The predicted molar refractivity (Wildman–Crippen MR) is 174 cm³/mol. The number of ether oxygens (including phenoxy) is 1. The highest BCUT2D eigenvalue weighted by Gasteiger charge is 2.27. The largest absolute Gasteiger partial charge is 0.495 e. The summed E-state index contributed by atoms with van der Waals surface area (Å²) >= 11 is 0. The van der Waals surface area contributed by atoms with Crippen LogP contribution in [0.1, 0.15) is 34.5 Å². The van der Waals surface area contributed by atoms with Crippen molar-refractivity contribution in [3.63, 3.8) is 0 Å². The van der Waals surface area contributed by atoms with Gasteiger partial charge in [-0.15, -0.1) is 0 Å². The van der Waals surface area contributed by atoms with Crippen LogP contribution in [0, 0.1) is 0 Å². The first-order valence-corrected chi connectivity index (χ1v) is 15.3. The van der Waals surface area contributed by atoms with Gasteiger partial charge in [0.15, 0.2) is 0 Å². The molecule has 5 aromatic rings. The Morgan fingerprint density at radius 3 is 2.47 bits per heavy atom. The zero-order chi connectivity index (χ0) is 31.1. The van der Waals surface area contributed by atoms with E-state index >= 15 is 0 Å². The summed E-state index contributed by atoms with van der Waals surface area (Å²) in [7, 11) is 7.61. The third-order valence-electron chi connectivity index (χ3n) is 8.81. The zero-order valence-electron chi connectivity index (χ0n) is 26.0. The lowest BCUT2D eigenvalue weighted by Gasteiger charge is -2.29. The van der Waals surface area contributed by atoms with E-state index in [2.05, 4.69) is 56.9 Å². The van der Waals surface area contributed by atoms with Crippen LogP contribution in [0.5, 0.6) is 5.75 Å². The first-order valence-electron chi connectivity index (χ1n) is 15.3. The number of amides is 1. The Morgan fingerprint density at radius 1 is 0.956 bits per heavy atom. The number of carbonyl (C=O) groups is 1. The quantitative estimate of drug-likeness (QED) is 0.277. The molecule has 7 rings (SSSR count). The molecule has 0 atom stereocenters. The van der Waals surface area contributed by atoms with Gasteiger partial charge in [-0.2, -0.15) is 10.2 Å². The number of anilines is 2. The Bertz CT molecular complexity index is 1870. The monoisotopic (exact) mass is 603 g/mol. The fourth-order valence-electron chi connectivity index (χ4n) is 6.32. The lowest BCUT2D eigenvalue weighted by Crippen LogP contribution is -2.43. The normalized spacial score (nSPS) is 14.9. The van der Waals surface area contributed by atoms with E-state index in [0.717, 1.165) is 83.7 Å². The molecular formula is C34H37N9O2. The number of likely N-dealkylation sites (tertiary alicyclic amines) is 1. The molecule has 0 bridgehead atoms. The van der Waals surface area contributed by atoms with Gasteiger partial charge in [0.2, 0.25) is 5.95 Å². The van der Waals surface area contributed by atoms with Crippen molar-refractivity contribution in [2.24, 2.45) is 14.1 Å². The van der Waals surface area contributed by atoms with Gasteiger partial charge in [-0.05, 0) is 75.1 Å². The first kappa shape index (κ1) is 28.7. The molecule has 1 aliphatic carbocycles. The maximum atomic E-state index is 13.0. The van der Waals surface area contributed by atoms with Crippen LogP contribution in [0.4, 0.5) is 11.6 Å². The summed E-state index contributed by atoms with van der Waals surface area (Å²) in [6.07, 6.45) is 9.33. The molecule has 230 valence electrons. The molecule has 1 amide bonds. The van der Waals surface area contributed by atoms with Crippen LogP contribution in [0.25, 0.3) is 33.6 Å². The minimum absolute atomic E-state index is 0.0930. The third kappa shape index (κ3) is 5.66. The van der Waals surface area contributed by atoms with Gasteiger partial charge in [-0.1, -0.05) is 24.3 Å². The van der Waals surface area contributed by atoms with Crippen molar-refractivity contribution >= 4 is 17.5 Å². The second-order valence-electron chi connectivity index (χ2n) is 11.9. The van der Waals surface area contributed by atoms with Crippen molar-refractivity contribution in [1.82, 2.24) is 39.7 Å². The van der Waals surface area contributed by atoms with Crippen LogP contribution >= 0.6 is 0 Å². The van der Waals surface area contributed by atoms with Crippen molar-refractivity contribution in [3.05, 3.63) is 77.9 Å². The Balaban J connectivity index is 1.15. The van der Waals surface area contributed by atoms with Gasteiger partial charge in [0.25, 0.3) is 5.91 Å². The fraction of sp³-hybridized carbons (Fsp3) is 0.324. The number of carbonyl (C=O) groups excluding carboxylic acids is 1. The van der Waals surface area contributed by atoms with Gasteiger partial charge >= 0.3 is 0 Å². The first-order chi connectivity index (χ1) is 21.9. The molecule has 1 fully saturated rings. The molecule has 11 heteroatoms. The zero-order valence-corrected chi connectivity index (χ0v) is 26.0. The van der Waals surface area contributed by atoms with E-state index in [0.29, 0.717) is 22.9 Å². The number of nitrogens with zero attached hydrogens (tertiary/aromatic N) is 7. The van der Waals surface area contributed by atoms with Crippen molar-refractivity contribution < 1.29 is 9.53 Å². The summed E-state index contributed by atoms with van der Waals surface area (Å²) in [4.78, 5) is 24.9. The highest BCUT2D eigenvalue weighted by atomic mass is 16.5. The van der Waals surface area contributed by atoms with Crippen molar-refractivity contribution in [1.29, 1.82) is 0 Å². The number of aromatic nitrogens is 6. The second kappa shape index (κ2) is 11.8. The SMILES string of the molecule is COc1cc(C(=O)NC2CCN(C)CC2)ccc1Nc1ncc2c(n1)-c1c(nn(C)c1-c1ccc(-c3cnn(C)c3)cc1)CC2. The van der Waals surface area contributed by atoms with Crippen molar-refractivity contribution in [3.8, 4) is 39.4 Å². The molecule has 0 radical (unpaired) electrons. The summed E-state index contributed by atoms with van der Waals surface area (Å²) in [5.74, 6) is 0.901. The number of piperidine rings is 1. The fourth-order valence-corrected chi connectivity index (χ4v) is 6.32. The summed E-state index contributed by atoms with van der Waals surface area (Å²) in [5.41, 5.74) is 9.53. The molecule has 2 aromatic carbocycles. The number of benzene rings is 2. The van der Waals surface area contributed by atoms with Crippen LogP contribution in [-0.4, -0.2) is 73.6 Å². The standard InChI is InChI=1S/C34H37N9O2/c1-41-15-13-26(14-16-41)37-33(44)23-9-11-27(29(17-23)45-4)38-34-35-18-24-10-12-28-30(31(24)39-34)32(43(3)40-28)22-7-5-21(6-8-22)25-19-36-42(2)20-25/h5-9,11,17-20,26H,10,12-16H2,1-4H3,(H,37,44)(H,35,38,39). The van der Waals surface area contributed by atoms with Gasteiger partial charge in [-0.3, -0.25) is 14.2 Å². The van der Waals surface area contributed by atoms with Gasteiger partial charge < -0.3 is 20.3 Å². The summed E-state index contributed by atoms with van der Waals surface area (Å²) in [6, 6.07) is 14.1. The van der Waals surface area contributed by atoms with Gasteiger partial charge in [-0.25, -0.2) is 9.97 Å². The topological polar surface area (TPSA) is 115 Å². The molecule has 2 aliphatic rings. The Kier molecular flexibility index (Phi) is 7.54. The van der Waals surface area contributed by atoms with E-state index in [1.54, 1.807) is 23.9 Å². The minimum atomic E-state index is -0.0930. The smallest absolute Gasteiger partial charge is 0.251 e. The highest BCUT2D eigenvalue weighted by Crippen LogP contribution is 2.40. The van der Waals surface area contributed by atoms with Crippen LogP contribution in [0.2, 0.25) is 0 Å². The average Bonchev–Trinajstić information content (AvgIpc) is 3.64. The summed E-state index contributed by atoms with van der Waals surface area (Å²) < 4.78 is 9.44. The van der Waals surface area contributed by atoms with E-state index in [9.17, 15) is 4.79 Å². The van der Waals surface area contributed by atoms with Crippen molar-refractivity contribution in [2.75, 3.05) is 32.6 Å². The van der Waals surface area contributed by atoms with Crippen LogP contribution in [0.15, 0.2) is 61.1 Å². The van der Waals surface area contributed by atoms with Gasteiger partial charge in [0.05, 0.1) is 36.1 Å². The number of hydrogen-bond acceptors (Lipinski definition) is 8. The number of methoxy groups -OCH3 is 1. The van der Waals surface area contributed by atoms with E-state index in [4.69, 9.17) is 14.8 Å². The minimum Gasteiger partial charge on any atom is -0.495 e. The molecule has 45 heavy (non-hydrogen) atoms. The van der Waals surface area contributed by atoms with Crippen molar-refractivity contribution in [2.45, 2.75) is 31.7 Å². The molecule has 1 saturated heterocycles. The van der Waals surface area contributed by atoms with E-state index in [-0.39, 0.29) is 11.9 Å². The lowest BCUT2D eigenvalue weighted by molar-refractivity contribution is 0.0916. The molecule has 11 nitrogen and oxygen atoms in total.